The van der Waals surface area contributed by atoms with Gasteiger partial charge in [0.15, 0.2) is 0 Å². The molecule has 0 spiro atoms. The van der Waals surface area contributed by atoms with Gasteiger partial charge in [0.05, 0.1) is 6.61 Å². The highest BCUT2D eigenvalue weighted by Gasteiger charge is 2.29. The number of amides is 1. The molecule has 1 saturated carbocycles. The van der Waals surface area contributed by atoms with E-state index in [-0.39, 0.29) is 17.8 Å². The molecule has 3 rings (SSSR count). The number of hydrogen-bond acceptors (Lipinski definition) is 4. The lowest BCUT2D eigenvalue weighted by molar-refractivity contribution is -0.117. The van der Waals surface area contributed by atoms with Crippen LogP contribution in [0.25, 0.3) is 10.1 Å². The van der Waals surface area contributed by atoms with Gasteiger partial charge in [-0.2, -0.15) is 0 Å². The molecule has 1 fully saturated rings. The molecule has 104 valence electrons. The minimum Gasteiger partial charge on any atom is -0.462 e. The van der Waals surface area contributed by atoms with Gasteiger partial charge in [-0.05, 0) is 49.4 Å². The molecule has 1 aromatic carbocycles. The fraction of sp³-hybridized carbons (Fsp3) is 0.333. The topological polar surface area (TPSA) is 55.4 Å². The van der Waals surface area contributed by atoms with Crippen LogP contribution in [0.3, 0.4) is 0 Å². The highest BCUT2D eigenvalue weighted by molar-refractivity contribution is 7.20. The van der Waals surface area contributed by atoms with Crippen molar-refractivity contribution in [1.29, 1.82) is 0 Å². The second-order valence-electron chi connectivity index (χ2n) is 4.85. The Balaban J connectivity index is 1.83. The summed E-state index contributed by atoms with van der Waals surface area (Å²) in [7, 11) is 0. The molecule has 0 saturated heterocycles. The number of esters is 1. The third-order valence-corrected chi connectivity index (χ3v) is 4.30. The number of fused-ring (bicyclic) bond motifs is 1. The Kier molecular flexibility index (Phi) is 3.44. The van der Waals surface area contributed by atoms with Crippen molar-refractivity contribution >= 4 is 39.0 Å². The first-order valence-electron chi connectivity index (χ1n) is 6.69. The quantitative estimate of drug-likeness (QED) is 0.877. The largest absolute Gasteiger partial charge is 0.462 e. The van der Waals surface area contributed by atoms with E-state index in [1.807, 2.05) is 24.3 Å². The molecule has 0 aliphatic heterocycles. The average molecular weight is 289 g/mol. The predicted octanol–water partition coefficient (Wildman–Crippen LogP) is 3.43. The van der Waals surface area contributed by atoms with Gasteiger partial charge < -0.3 is 10.1 Å². The van der Waals surface area contributed by atoms with Crippen LogP contribution in [0.1, 0.15) is 29.4 Å². The SMILES string of the molecule is CCOC(=O)c1cc2cc(NC(=O)C3CC3)ccc2s1. The second kappa shape index (κ2) is 5.25. The van der Waals surface area contributed by atoms with E-state index in [1.165, 1.54) is 11.3 Å². The number of benzene rings is 1. The molecular weight excluding hydrogens is 274 g/mol. The van der Waals surface area contributed by atoms with Crippen molar-refractivity contribution < 1.29 is 14.3 Å². The van der Waals surface area contributed by atoms with Crippen molar-refractivity contribution in [2.45, 2.75) is 19.8 Å². The summed E-state index contributed by atoms with van der Waals surface area (Å²) in [6.07, 6.45) is 1.97. The maximum atomic E-state index is 11.7. The van der Waals surface area contributed by atoms with Crippen LogP contribution in [0.15, 0.2) is 24.3 Å². The number of thiophene rings is 1. The Hall–Kier alpha value is -1.88. The first kappa shape index (κ1) is 13.1. The molecule has 4 nitrogen and oxygen atoms in total. The zero-order valence-corrected chi connectivity index (χ0v) is 12.0. The summed E-state index contributed by atoms with van der Waals surface area (Å²) in [6.45, 7) is 2.16. The van der Waals surface area contributed by atoms with Gasteiger partial charge in [0.1, 0.15) is 4.88 Å². The Morgan fingerprint density at radius 3 is 2.85 bits per heavy atom. The van der Waals surface area contributed by atoms with Gasteiger partial charge in [0.2, 0.25) is 5.91 Å². The number of hydrogen-bond donors (Lipinski definition) is 1. The van der Waals surface area contributed by atoms with E-state index in [4.69, 9.17) is 4.74 Å². The van der Waals surface area contributed by atoms with Gasteiger partial charge >= 0.3 is 5.97 Å². The predicted molar refractivity (Wildman–Crippen MR) is 79.1 cm³/mol. The van der Waals surface area contributed by atoms with Crippen LogP contribution >= 0.6 is 11.3 Å². The van der Waals surface area contributed by atoms with E-state index >= 15 is 0 Å². The summed E-state index contributed by atoms with van der Waals surface area (Å²) in [5, 5.41) is 3.86. The highest BCUT2D eigenvalue weighted by atomic mass is 32.1. The van der Waals surface area contributed by atoms with Crippen LogP contribution in [0.4, 0.5) is 5.69 Å². The fourth-order valence-corrected chi connectivity index (χ4v) is 2.95. The van der Waals surface area contributed by atoms with Crippen LogP contribution in [0, 0.1) is 5.92 Å². The minimum absolute atomic E-state index is 0.0881. The van der Waals surface area contributed by atoms with Crippen molar-refractivity contribution in [3.05, 3.63) is 29.1 Å². The Morgan fingerprint density at radius 1 is 1.35 bits per heavy atom. The average Bonchev–Trinajstić information content (AvgIpc) is 3.19. The van der Waals surface area contributed by atoms with E-state index < -0.39 is 0 Å². The molecule has 1 N–H and O–H groups in total. The van der Waals surface area contributed by atoms with Gasteiger partial charge in [0.25, 0.3) is 0 Å². The Labute approximate surface area is 120 Å². The molecular formula is C15H15NO3S. The van der Waals surface area contributed by atoms with Crippen molar-refractivity contribution in [3.63, 3.8) is 0 Å². The third kappa shape index (κ3) is 2.67. The maximum Gasteiger partial charge on any atom is 0.348 e. The second-order valence-corrected chi connectivity index (χ2v) is 5.93. The van der Waals surface area contributed by atoms with E-state index in [9.17, 15) is 9.59 Å². The molecule has 1 amide bonds. The summed E-state index contributed by atoms with van der Waals surface area (Å²) in [4.78, 5) is 24.0. The zero-order valence-electron chi connectivity index (χ0n) is 11.1. The molecule has 1 aliphatic rings. The smallest absolute Gasteiger partial charge is 0.348 e. The minimum atomic E-state index is -0.294. The van der Waals surface area contributed by atoms with Crippen LogP contribution in [-0.4, -0.2) is 18.5 Å². The van der Waals surface area contributed by atoms with Gasteiger partial charge in [-0.3, -0.25) is 4.79 Å². The van der Waals surface area contributed by atoms with Gasteiger partial charge in [-0.1, -0.05) is 0 Å². The molecule has 20 heavy (non-hydrogen) atoms. The third-order valence-electron chi connectivity index (χ3n) is 3.21. The molecule has 1 aromatic heterocycles. The molecule has 1 heterocycles. The number of anilines is 1. The lowest BCUT2D eigenvalue weighted by Crippen LogP contribution is -2.12. The van der Waals surface area contributed by atoms with Crippen LogP contribution < -0.4 is 5.32 Å². The molecule has 0 radical (unpaired) electrons. The summed E-state index contributed by atoms with van der Waals surface area (Å²) < 4.78 is 6.01. The van der Waals surface area contributed by atoms with Crippen LogP contribution in [0.2, 0.25) is 0 Å². The lowest BCUT2D eigenvalue weighted by Gasteiger charge is -2.03. The molecule has 0 atom stereocenters. The molecule has 0 bridgehead atoms. The van der Waals surface area contributed by atoms with Crippen molar-refractivity contribution in [2.24, 2.45) is 5.92 Å². The van der Waals surface area contributed by atoms with Crippen molar-refractivity contribution in [1.82, 2.24) is 0 Å². The van der Waals surface area contributed by atoms with E-state index in [2.05, 4.69) is 5.32 Å². The lowest BCUT2D eigenvalue weighted by atomic mass is 10.2. The standard InChI is InChI=1S/C15H15NO3S/c1-2-19-15(18)13-8-10-7-11(5-6-12(10)20-13)16-14(17)9-3-4-9/h5-9H,2-4H2,1H3,(H,16,17). The molecule has 2 aromatic rings. The maximum absolute atomic E-state index is 11.7. The number of rotatable bonds is 4. The van der Waals surface area contributed by atoms with E-state index in [0.29, 0.717) is 11.5 Å². The monoisotopic (exact) mass is 289 g/mol. The van der Waals surface area contributed by atoms with Crippen LogP contribution in [-0.2, 0) is 9.53 Å². The number of nitrogens with one attached hydrogen (secondary N) is 1. The normalized spacial score (nSPS) is 14.2. The van der Waals surface area contributed by atoms with Gasteiger partial charge in [-0.15, -0.1) is 11.3 Å². The van der Waals surface area contributed by atoms with Gasteiger partial charge in [0, 0.05) is 16.3 Å². The molecule has 5 heteroatoms. The van der Waals surface area contributed by atoms with Gasteiger partial charge in [-0.25, -0.2) is 4.79 Å². The fourth-order valence-electron chi connectivity index (χ4n) is 2.01. The summed E-state index contributed by atoms with van der Waals surface area (Å²) in [5.41, 5.74) is 0.780. The van der Waals surface area contributed by atoms with E-state index in [0.717, 1.165) is 28.6 Å². The molecule has 1 aliphatic carbocycles. The van der Waals surface area contributed by atoms with Crippen LogP contribution in [0.5, 0.6) is 0 Å². The zero-order chi connectivity index (χ0) is 14.1. The summed E-state index contributed by atoms with van der Waals surface area (Å²) in [6, 6.07) is 7.50. The number of carbonyl (C=O) groups is 2. The Morgan fingerprint density at radius 2 is 2.15 bits per heavy atom. The number of ether oxygens (including phenoxy) is 1. The molecule has 0 unspecified atom stereocenters. The first-order valence-corrected chi connectivity index (χ1v) is 7.50. The summed E-state index contributed by atoms with van der Waals surface area (Å²) in [5.74, 6) is -0.0225. The van der Waals surface area contributed by atoms with Crippen molar-refractivity contribution in [3.8, 4) is 0 Å². The first-order chi connectivity index (χ1) is 9.67. The summed E-state index contributed by atoms with van der Waals surface area (Å²) >= 11 is 1.40. The van der Waals surface area contributed by atoms with E-state index in [1.54, 1.807) is 6.92 Å². The van der Waals surface area contributed by atoms with Crippen molar-refractivity contribution in [2.75, 3.05) is 11.9 Å². The number of carbonyl (C=O) groups excluding carboxylic acids is 2. The Bertz CT molecular complexity index is 673. The highest BCUT2D eigenvalue weighted by Crippen LogP contribution is 2.32.